The molecule has 0 saturated carbocycles. The second kappa shape index (κ2) is 25.5. The van der Waals surface area contributed by atoms with Gasteiger partial charge in [0.05, 0.1) is 45.9 Å². The second-order valence-electron chi connectivity index (χ2n) is 35.2. The smallest absolute Gasteiger partial charge is 0.252 e. The van der Waals surface area contributed by atoms with Gasteiger partial charge in [-0.15, -0.1) is 0 Å². The van der Waals surface area contributed by atoms with Crippen molar-refractivity contribution in [2.45, 2.75) is 157 Å². The van der Waals surface area contributed by atoms with Crippen LogP contribution in [-0.4, -0.2) is 16.3 Å². The van der Waals surface area contributed by atoms with E-state index in [9.17, 15) is 16.4 Å². The van der Waals surface area contributed by atoms with Crippen LogP contribution >= 0.6 is 0 Å². The monoisotopic (exact) mass is 1390 g/mol. The number of para-hydroxylation sites is 2. The molecule has 0 atom stereocenters. The molecule has 12 aromatic carbocycles. The molecule has 2 aliphatic heterocycles. The summed E-state index contributed by atoms with van der Waals surface area (Å²) < 4.78 is 127. The first kappa shape index (κ1) is 55.7. The van der Waals surface area contributed by atoms with Crippen LogP contribution in [0, 0.1) is 0 Å². The fourth-order valence-electron chi connectivity index (χ4n) is 15.5. The highest BCUT2D eigenvalue weighted by Crippen LogP contribution is 2.56. The summed E-state index contributed by atoms with van der Waals surface area (Å²) in [6.45, 7) is 39.2. The fraction of sp³-hybridized carbons (Fsp3) is 0.238. The number of benzene rings is 12. The minimum atomic E-state index is -0.735. The summed E-state index contributed by atoms with van der Waals surface area (Å²) in [5, 5.41) is -0.175. The van der Waals surface area contributed by atoms with Gasteiger partial charge in [-0.3, -0.25) is 4.98 Å². The van der Waals surface area contributed by atoms with Crippen LogP contribution in [0.3, 0.4) is 0 Å². The number of hydrogen-bond acceptors (Lipinski definition) is 3. The average Bonchev–Trinajstić information content (AvgIpc) is 1.64. The van der Waals surface area contributed by atoms with E-state index in [0.717, 1.165) is 117 Å². The molecule has 0 radical (unpaired) electrons. The van der Waals surface area contributed by atoms with E-state index < -0.39 is 94.8 Å². The highest BCUT2D eigenvalue weighted by Gasteiger charge is 2.47. The second-order valence-corrected chi connectivity index (χ2v) is 35.2. The maximum absolute atomic E-state index is 10.3. The largest absolute Gasteiger partial charge is 0.310 e. The molecule has 14 aromatic rings. The van der Waals surface area contributed by atoms with Gasteiger partial charge in [0.1, 0.15) is 0 Å². The SMILES string of the molecule is [2H]c1c([2H])c([2H])c(-c2ccc3c(c2)N(c2c(-c4ccccc4)cc(C(C)(C)C)cc2-c2ccccc2)c2cc(-n4c5c([2H])c([2H])c([2H])c([2H])c5c5c([2H])c([2H])c([2H])c([2H])c54)cc4c2B3c2ccc(-c3cc(C(C)(C)C)cc(C(C)(C)C)c3)cc2N4c2c(-c3ccccc3)cc(C(C)(C)C)cc2-c2cc(C(C)(C)C)nc(C(C)(C)C)c2)c([2H])c1[2H]. The van der Waals surface area contributed by atoms with Crippen molar-refractivity contribution in [3.05, 3.63) is 306 Å². The topological polar surface area (TPSA) is 24.3 Å². The van der Waals surface area contributed by atoms with Crippen molar-refractivity contribution in [3.63, 3.8) is 0 Å². The normalized spacial score (nSPS) is 15.0. The summed E-state index contributed by atoms with van der Waals surface area (Å²) in [6.07, 6.45) is 0. The lowest BCUT2D eigenvalue weighted by atomic mass is 9.33. The Morgan fingerprint density at radius 1 is 0.292 bits per heavy atom. The molecule has 2 aliphatic rings. The van der Waals surface area contributed by atoms with Gasteiger partial charge in [0.2, 0.25) is 0 Å². The summed E-state index contributed by atoms with van der Waals surface area (Å²) in [7, 11) is 0. The van der Waals surface area contributed by atoms with Crippen molar-refractivity contribution >= 4 is 79.0 Å². The standard InChI is InChI=1S/C101H99BN4/c1-96(2,3)72-51-70(52-73(57-72)97(4,5)6)69-48-50-84-88(54-69)106(95-81(67-41-29-22-30-42-67)60-75(99(10,11)12)61-82(95)71-55-91(100(13,14)15)103-92(56-71)101(16,17)18)90-63-76(104-85-45-33-31-43-77(85)78-44-32-34-46-86(78)104)62-89-93(90)102(84)83-49-47-68(64-35-23-19-24-36-64)53-87(83)105(89)94-79(65-37-25-20-26-38-65)58-74(98(7,8)9)59-80(94)66-39-27-21-28-40-66/h19-63H,1-18H3/i19D,23D,24D,31D,32D,33D,34D,35D,36D,43D,44D,45D,46D. The maximum Gasteiger partial charge on any atom is 0.252 e. The molecule has 0 spiro atoms. The molecular formula is C101H99BN4. The van der Waals surface area contributed by atoms with Gasteiger partial charge >= 0.3 is 0 Å². The van der Waals surface area contributed by atoms with Crippen molar-refractivity contribution < 1.29 is 17.8 Å². The van der Waals surface area contributed by atoms with E-state index in [4.69, 9.17) is 6.35 Å². The maximum atomic E-state index is 10.3. The van der Waals surface area contributed by atoms with Crippen molar-refractivity contribution in [1.29, 1.82) is 0 Å². The van der Waals surface area contributed by atoms with Crippen LogP contribution in [0.2, 0.25) is 0 Å². The van der Waals surface area contributed by atoms with E-state index in [1.807, 2.05) is 60.7 Å². The predicted octanol–water partition coefficient (Wildman–Crippen LogP) is 26.0. The number of fused-ring (bicyclic) bond motifs is 7. The summed E-state index contributed by atoms with van der Waals surface area (Å²) in [4.78, 5) is 10.2. The summed E-state index contributed by atoms with van der Waals surface area (Å²) >= 11 is 0. The quantitative estimate of drug-likeness (QED) is 0.135. The van der Waals surface area contributed by atoms with Gasteiger partial charge in [0, 0.05) is 78.0 Å². The number of nitrogens with zero attached hydrogens (tertiary/aromatic N) is 4. The highest BCUT2D eigenvalue weighted by atomic mass is 15.2. The average molecular weight is 1390 g/mol. The van der Waals surface area contributed by atoms with Crippen LogP contribution in [0.15, 0.2) is 273 Å². The number of rotatable bonds is 9. The Kier molecular flexibility index (Phi) is 13.4. The Morgan fingerprint density at radius 3 is 1.04 bits per heavy atom. The van der Waals surface area contributed by atoms with E-state index in [0.29, 0.717) is 28.3 Å². The molecule has 0 amide bonds. The number of aromatic nitrogens is 2. The molecule has 0 unspecified atom stereocenters. The summed E-state index contributed by atoms with van der Waals surface area (Å²) in [5.74, 6) is 0. The molecule has 5 heteroatoms. The molecular weight excluding hydrogens is 1280 g/mol. The number of pyridine rings is 1. The molecule has 0 bridgehead atoms. The third-order valence-electron chi connectivity index (χ3n) is 21.5. The van der Waals surface area contributed by atoms with Crippen LogP contribution in [-0.2, 0) is 32.5 Å². The Hall–Kier alpha value is -10.7. The first-order valence-corrected chi connectivity index (χ1v) is 37.1. The highest BCUT2D eigenvalue weighted by molar-refractivity contribution is 7.00. The van der Waals surface area contributed by atoms with Gasteiger partial charge in [0.25, 0.3) is 6.71 Å². The minimum absolute atomic E-state index is 0.00539. The molecule has 106 heavy (non-hydrogen) atoms. The van der Waals surface area contributed by atoms with Crippen LogP contribution in [0.4, 0.5) is 34.1 Å². The van der Waals surface area contributed by atoms with Gasteiger partial charge in [0.15, 0.2) is 0 Å². The molecule has 0 saturated heterocycles. The van der Waals surface area contributed by atoms with Crippen molar-refractivity contribution in [1.82, 2.24) is 9.55 Å². The van der Waals surface area contributed by atoms with Crippen LogP contribution < -0.4 is 26.2 Å². The lowest BCUT2D eigenvalue weighted by Gasteiger charge is -2.46. The molecule has 0 fully saturated rings. The van der Waals surface area contributed by atoms with Crippen molar-refractivity contribution in [2.24, 2.45) is 0 Å². The number of anilines is 6. The first-order chi connectivity index (χ1) is 55.8. The van der Waals surface area contributed by atoms with Crippen molar-refractivity contribution in [2.75, 3.05) is 9.80 Å². The van der Waals surface area contributed by atoms with Gasteiger partial charge < -0.3 is 14.4 Å². The fourth-order valence-corrected chi connectivity index (χ4v) is 15.5. The zero-order chi connectivity index (χ0) is 85.6. The van der Waals surface area contributed by atoms with E-state index in [2.05, 4.69) is 268 Å². The van der Waals surface area contributed by atoms with E-state index in [1.165, 1.54) is 0 Å². The zero-order valence-corrected chi connectivity index (χ0v) is 64.3. The minimum Gasteiger partial charge on any atom is -0.310 e. The first-order valence-electron chi connectivity index (χ1n) is 43.6. The van der Waals surface area contributed by atoms with E-state index >= 15 is 0 Å². The van der Waals surface area contributed by atoms with Gasteiger partial charge in [-0.2, -0.15) is 0 Å². The Morgan fingerprint density at radius 2 is 0.651 bits per heavy atom. The van der Waals surface area contributed by atoms with Crippen LogP contribution in [0.25, 0.3) is 94.3 Å². The van der Waals surface area contributed by atoms with Gasteiger partial charge in [-0.05, 0) is 178 Å². The Bertz CT molecular complexity index is 6360. The zero-order valence-electron chi connectivity index (χ0n) is 77.3. The third kappa shape index (κ3) is 12.4. The molecule has 4 heterocycles. The van der Waals surface area contributed by atoms with Crippen molar-refractivity contribution in [3.8, 4) is 72.4 Å². The van der Waals surface area contributed by atoms with E-state index in [1.54, 1.807) is 4.57 Å². The summed E-state index contributed by atoms with van der Waals surface area (Å²) in [6, 6.07) is 61.9. The molecule has 526 valence electrons. The molecule has 4 nitrogen and oxygen atoms in total. The Labute approximate surface area is 648 Å². The summed E-state index contributed by atoms with van der Waals surface area (Å²) in [5.41, 5.74) is 19.6. The molecule has 16 rings (SSSR count). The van der Waals surface area contributed by atoms with E-state index in [-0.39, 0.29) is 56.0 Å². The Balaban J connectivity index is 1.22. The molecule has 0 N–H and O–H groups in total. The third-order valence-corrected chi connectivity index (χ3v) is 21.5. The lowest BCUT2D eigenvalue weighted by molar-refractivity contribution is 0.531. The van der Waals surface area contributed by atoms with Gasteiger partial charge in [-0.1, -0.05) is 325 Å². The van der Waals surface area contributed by atoms with Crippen LogP contribution in [0.1, 0.15) is 176 Å². The van der Waals surface area contributed by atoms with Gasteiger partial charge in [-0.25, -0.2) is 0 Å². The number of hydrogen-bond donors (Lipinski definition) is 0. The van der Waals surface area contributed by atoms with Crippen LogP contribution in [0.5, 0.6) is 0 Å². The molecule has 2 aromatic heterocycles. The predicted molar refractivity (Wildman–Crippen MR) is 457 cm³/mol. The lowest BCUT2D eigenvalue weighted by Crippen LogP contribution is -2.61. The molecule has 0 aliphatic carbocycles.